The molecule has 0 spiro atoms. The van der Waals surface area contributed by atoms with Gasteiger partial charge in [0.1, 0.15) is 5.82 Å². The molecule has 0 bridgehead atoms. The van der Waals surface area contributed by atoms with Crippen LogP contribution < -0.4 is 9.62 Å². The van der Waals surface area contributed by atoms with Crippen LogP contribution in [0.2, 0.25) is 0 Å². The van der Waals surface area contributed by atoms with Gasteiger partial charge in [-0.25, -0.2) is 28.1 Å². The summed E-state index contributed by atoms with van der Waals surface area (Å²) in [7, 11) is -2.17. The second kappa shape index (κ2) is 9.45. The molecule has 1 aromatic heterocycles. The maximum absolute atomic E-state index is 14.8. The molecule has 0 radical (unpaired) electrons. The monoisotopic (exact) mass is 503 g/mol. The van der Waals surface area contributed by atoms with Crippen molar-refractivity contribution < 1.29 is 31.7 Å². The first-order chi connectivity index (χ1) is 15.8. The van der Waals surface area contributed by atoms with Gasteiger partial charge in [-0.05, 0) is 38.5 Å². The minimum absolute atomic E-state index is 0.140. The number of rotatable bonds is 5. The molecule has 1 amide bonds. The van der Waals surface area contributed by atoms with Crippen molar-refractivity contribution in [1.29, 1.82) is 0 Å². The van der Waals surface area contributed by atoms with E-state index >= 15 is 0 Å². The minimum atomic E-state index is -5.00. The van der Waals surface area contributed by atoms with Crippen LogP contribution in [0.4, 0.5) is 28.3 Å². The highest BCUT2D eigenvalue weighted by Gasteiger charge is 2.59. The predicted octanol–water partition coefficient (Wildman–Crippen LogP) is 3.27. The van der Waals surface area contributed by atoms with Crippen LogP contribution in [0, 0.1) is 5.82 Å². The van der Waals surface area contributed by atoms with E-state index in [1.807, 2.05) is 0 Å². The molecule has 1 saturated heterocycles. The number of halogens is 4. The SMILES string of the molecule is CC(C)(C)S(=O)N[C@@](c1ccc(F)cc1)(c1cnc(N2CCN(C(=O)O)CC2)nc1)C(F)(F)F. The first kappa shape index (κ1) is 25.8. The Kier molecular flexibility index (Phi) is 7.18. The van der Waals surface area contributed by atoms with Crippen molar-refractivity contribution in [3.63, 3.8) is 0 Å². The number of nitrogens with one attached hydrogen (secondary N) is 1. The Morgan fingerprint density at radius 1 is 1.00 bits per heavy atom. The van der Waals surface area contributed by atoms with E-state index in [1.54, 1.807) is 4.90 Å². The third-order valence-corrected chi connectivity index (χ3v) is 7.01. The average molecular weight is 504 g/mol. The van der Waals surface area contributed by atoms with Gasteiger partial charge in [0, 0.05) is 44.1 Å². The number of carboxylic acid groups (broad SMARTS) is 1. The molecule has 0 saturated carbocycles. The smallest absolute Gasteiger partial charge is 0.416 e. The van der Waals surface area contributed by atoms with Gasteiger partial charge in [0.2, 0.25) is 5.95 Å². The molecule has 2 heterocycles. The van der Waals surface area contributed by atoms with Gasteiger partial charge in [0.25, 0.3) is 0 Å². The summed E-state index contributed by atoms with van der Waals surface area (Å²) >= 11 is 0. The normalized spacial score (nSPS) is 17.9. The van der Waals surface area contributed by atoms with Gasteiger partial charge in [0.15, 0.2) is 5.54 Å². The van der Waals surface area contributed by atoms with E-state index in [4.69, 9.17) is 5.11 Å². The Morgan fingerprint density at radius 2 is 1.53 bits per heavy atom. The molecule has 2 N–H and O–H groups in total. The number of piperazine rings is 1. The second-order valence-corrected chi connectivity index (χ2v) is 10.7. The summed E-state index contributed by atoms with van der Waals surface area (Å²) in [5.74, 6) is -0.579. The molecular formula is C21H25F4N5O3S. The van der Waals surface area contributed by atoms with Crippen molar-refractivity contribution in [3.05, 3.63) is 53.6 Å². The number of hydrogen-bond donors (Lipinski definition) is 2. The molecule has 1 unspecified atom stereocenters. The van der Waals surface area contributed by atoms with Gasteiger partial charge in [0.05, 0.1) is 15.7 Å². The summed E-state index contributed by atoms with van der Waals surface area (Å²) in [6, 6.07) is 3.76. The number of amides is 1. The maximum Gasteiger partial charge on any atom is 0.416 e. The van der Waals surface area contributed by atoms with Crippen LogP contribution >= 0.6 is 0 Å². The Labute approximate surface area is 196 Å². The number of nitrogens with zero attached hydrogens (tertiary/aromatic N) is 4. The van der Waals surface area contributed by atoms with Gasteiger partial charge >= 0.3 is 12.3 Å². The van der Waals surface area contributed by atoms with Crippen LogP contribution in [0.15, 0.2) is 36.7 Å². The first-order valence-corrected chi connectivity index (χ1v) is 11.5. The van der Waals surface area contributed by atoms with E-state index < -0.39 is 44.9 Å². The van der Waals surface area contributed by atoms with Crippen LogP contribution in [0.5, 0.6) is 0 Å². The lowest BCUT2D eigenvalue weighted by atomic mass is 9.84. The lowest BCUT2D eigenvalue weighted by molar-refractivity contribution is -0.181. The standard InChI is InChI=1S/C21H25F4N5O3S/c1-19(2,3)34(33)28-20(21(23,24)25,14-4-6-16(22)7-5-14)15-12-26-17(27-13-15)29-8-10-30(11-9-29)18(31)32/h4-7,12-13,28H,8-11H2,1-3H3,(H,31,32)/t20-,34?/m0/s1. The molecule has 3 rings (SSSR count). The maximum atomic E-state index is 14.8. The van der Waals surface area contributed by atoms with Gasteiger partial charge in [-0.15, -0.1) is 0 Å². The molecule has 1 fully saturated rings. The Bertz CT molecular complexity index is 1040. The van der Waals surface area contributed by atoms with E-state index in [1.165, 1.54) is 25.7 Å². The van der Waals surface area contributed by atoms with E-state index in [0.29, 0.717) is 0 Å². The molecular weight excluding hydrogens is 478 g/mol. The quantitative estimate of drug-likeness (QED) is 0.608. The number of carbonyl (C=O) groups is 1. The number of benzene rings is 1. The van der Waals surface area contributed by atoms with Gasteiger partial charge in [-0.3, -0.25) is 0 Å². The highest BCUT2D eigenvalue weighted by molar-refractivity contribution is 7.84. The molecule has 1 aromatic carbocycles. The molecule has 8 nitrogen and oxygen atoms in total. The zero-order valence-corrected chi connectivity index (χ0v) is 19.6. The molecule has 13 heteroatoms. The average Bonchev–Trinajstić information content (AvgIpc) is 2.76. The zero-order valence-electron chi connectivity index (χ0n) is 18.8. The topological polar surface area (TPSA) is 98.7 Å². The fourth-order valence-electron chi connectivity index (χ4n) is 3.44. The minimum Gasteiger partial charge on any atom is -0.465 e. The summed E-state index contributed by atoms with van der Waals surface area (Å²) in [5.41, 5.74) is -3.76. The Hall–Kier alpha value is -2.80. The van der Waals surface area contributed by atoms with Crippen LogP contribution in [-0.4, -0.2) is 67.4 Å². The fraction of sp³-hybridized carbons (Fsp3) is 0.476. The Morgan fingerprint density at radius 3 is 1.97 bits per heavy atom. The summed E-state index contributed by atoms with van der Waals surface area (Å²) in [6.45, 7) is 5.54. The van der Waals surface area contributed by atoms with E-state index in [9.17, 15) is 26.6 Å². The van der Waals surface area contributed by atoms with Gasteiger partial charge in [-0.1, -0.05) is 12.1 Å². The van der Waals surface area contributed by atoms with E-state index in [0.717, 1.165) is 36.7 Å². The first-order valence-electron chi connectivity index (χ1n) is 10.3. The molecule has 2 atom stereocenters. The zero-order chi connectivity index (χ0) is 25.3. The molecule has 2 aromatic rings. The summed E-state index contributed by atoms with van der Waals surface area (Å²) in [5, 5.41) is 9.07. The number of hydrogen-bond acceptors (Lipinski definition) is 5. The predicted molar refractivity (Wildman–Crippen MR) is 118 cm³/mol. The van der Waals surface area contributed by atoms with Crippen molar-refractivity contribution in [2.45, 2.75) is 37.2 Å². The summed E-state index contributed by atoms with van der Waals surface area (Å²) in [6.07, 6.45) is -4.06. The lowest BCUT2D eigenvalue weighted by Crippen LogP contribution is -2.57. The van der Waals surface area contributed by atoms with Crippen LogP contribution in [0.25, 0.3) is 0 Å². The molecule has 34 heavy (non-hydrogen) atoms. The summed E-state index contributed by atoms with van der Waals surface area (Å²) in [4.78, 5) is 22.2. The number of anilines is 1. The molecule has 186 valence electrons. The van der Waals surface area contributed by atoms with Crippen LogP contribution in [0.1, 0.15) is 31.9 Å². The summed E-state index contributed by atoms with van der Waals surface area (Å²) < 4.78 is 71.8. The highest BCUT2D eigenvalue weighted by Crippen LogP contribution is 2.45. The van der Waals surface area contributed by atoms with Gasteiger partial charge < -0.3 is 14.9 Å². The molecule has 1 aliphatic heterocycles. The molecule has 1 aliphatic rings. The fourth-order valence-corrected chi connectivity index (χ4v) is 4.37. The van der Waals surface area contributed by atoms with Crippen LogP contribution in [-0.2, 0) is 16.5 Å². The number of alkyl halides is 3. The van der Waals surface area contributed by atoms with Crippen molar-refractivity contribution in [3.8, 4) is 0 Å². The largest absolute Gasteiger partial charge is 0.465 e. The Balaban J connectivity index is 2.05. The third-order valence-electron chi connectivity index (χ3n) is 5.41. The van der Waals surface area contributed by atoms with E-state index in [2.05, 4.69) is 14.7 Å². The van der Waals surface area contributed by atoms with Crippen molar-refractivity contribution in [1.82, 2.24) is 19.6 Å². The lowest BCUT2D eigenvalue weighted by Gasteiger charge is -2.38. The van der Waals surface area contributed by atoms with Crippen LogP contribution in [0.3, 0.4) is 0 Å². The van der Waals surface area contributed by atoms with E-state index in [-0.39, 0.29) is 37.7 Å². The van der Waals surface area contributed by atoms with Gasteiger partial charge in [-0.2, -0.15) is 13.2 Å². The van der Waals surface area contributed by atoms with Crippen molar-refractivity contribution in [2.24, 2.45) is 0 Å². The van der Waals surface area contributed by atoms with Crippen molar-refractivity contribution >= 4 is 23.0 Å². The molecule has 0 aliphatic carbocycles. The highest BCUT2D eigenvalue weighted by atomic mass is 32.2. The second-order valence-electron chi connectivity index (χ2n) is 8.77. The third kappa shape index (κ3) is 5.14. The number of aromatic nitrogens is 2. The van der Waals surface area contributed by atoms with Crippen molar-refractivity contribution in [2.75, 3.05) is 31.1 Å².